The van der Waals surface area contributed by atoms with Crippen molar-refractivity contribution < 1.29 is 0 Å². The first-order valence-electron chi connectivity index (χ1n) is 7.52. The topological polar surface area (TPSA) is 49.8 Å². The third-order valence-corrected chi connectivity index (χ3v) is 4.05. The van der Waals surface area contributed by atoms with Gasteiger partial charge in [-0.05, 0) is 57.0 Å². The van der Waals surface area contributed by atoms with Crippen LogP contribution in [0.15, 0.2) is 24.3 Å². The lowest BCUT2D eigenvalue weighted by atomic mass is 10.0. The van der Waals surface area contributed by atoms with Gasteiger partial charge in [0, 0.05) is 23.8 Å². The zero-order valence-corrected chi connectivity index (χ0v) is 12.9. The lowest BCUT2D eigenvalue weighted by Gasteiger charge is -2.13. The fourth-order valence-electron chi connectivity index (χ4n) is 2.64. The van der Waals surface area contributed by atoms with Gasteiger partial charge in [0.05, 0.1) is 5.69 Å². The number of anilines is 1. The molecule has 1 fully saturated rings. The maximum atomic E-state index is 4.69. The molecule has 1 aliphatic heterocycles. The van der Waals surface area contributed by atoms with Crippen molar-refractivity contribution in [3.8, 4) is 11.3 Å². The summed E-state index contributed by atoms with van der Waals surface area (Å²) in [5.41, 5.74) is 5.72. The van der Waals surface area contributed by atoms with Gasteiger partial charge >= 0.3 is 0 Å². The molecule has 2 heterocycles. The minimum atomic E-state index is 0.430. The molecule has 1 unspecified atom stereocenters. The van der Waals surface area contributed by atoms with Crippen molar-refractivity contribution in [2.75, 3.05) is 18.4 Å². The van der Waals surface area contributed by atoms with E-state index >= 15 is 0 Å². The van der Waals surface area contributed by atoms with Crippen LogP contribution in [0, 0.1) is 20.8 Å². The standard InChI is InChI=1S/C17H22N4/c1-11-4-5-14(8-12(11)2)16-9-13(3)19-17(21-16)20-15-6-7-18-10-15/h4-5,8-9,15,18H,6-7,10H2,1-3H3,(H,19,20,21). The summed E-state index contributed by atoms with van der Waals surface area (Å²) in [5, 5.41) is 6.78. The SMILES string of the molecule is Cc1cc(-c2ccc(C)c(C)c2)nc(NC2CCNC2)n1. The van der Waals surface area contributed by atoms with Crippen molar-refractivity contribution in [3.05, 3.63) is 41.1 Å². The van der Waals surface area contributed by atoms with Crippen LogP contribution in [0.25, 0.3) is 11.3 Å². The van der Waals surface area contributed by atoms with Gasteiger partial charge in [-0.25, -0.2) is 9.97 Å². The third kappa shape index (κ3) is 3.22. The molecule has 0 aliphatic carbocycles. The molecule has 4 heteroatoms. The first kappa shape index (κ1) is 14.0. The van der Waals surface area contributed by atoms with E-state index < -0.39 is 0 Å². The van der Waals surface area contributed by atoms with Crippen LogP contribution in [0.1, 0.15) is 23.2 Å². The van der Waals surface area contributed by atoms with Crippen LogP contribution >= 0.6 is 0 Å². The highest BCUT2D eigenvalue weighted by atomic mass is 15.1. The van der Waals surface area contributed by atoms with Crippen molar-refractivity contribution >= 4 is 5.95 Å². The van der Waals surface area contributed by atoms with Crippen LogP contribution in [0.2, 0.25) is 0 Å². The van der Waals surface area contributed by atoms with Gasteiger partial charge in [-0.3, -0.25) is 0 Å². The molecule has 1 atom stereocenters. The molecular formula is C17H22N4. The molecule has 0 amide bonds. The molecule has 1 saturated heterocycles. The summed E-state index contributed by atoms with van der Waals surface area (Å²) < 4.78 is 0. The highest BCUT2D eigenvalue weighted by Crippen LogP contribution is 2.22. The number of hydrogen-bond donors (Lipinski definition) is 2. The van der Waals surface area contributed by atoms with Crippen LogP contribution < -0.4 is 10.6 Å². The smallest absolute Gasteiger partial charge is 0.223 e. The Morgan fingerprint density at radius 3 is 2.67 bits per heavy atom. The van der Waals surface area contributed by atoms with Crippen molar-refractivity contribution in [1.82, 2.24) is 15.3 Å². The summed E-state index contributed by atoms with van der Waals surface area (Å²) in [4.78, 5) is 9.20. The van der Waals surface area contributed by atoms with Crippen molar-refractivity contribution in [2.45, 2.75) is 33.2 Å². The minimum absolute atomic E-state index is 0.430. The summed E-state index contributed by atoms with van der Waals surface area (Å²) in [6.07, 6.45) is 1.12. The lowest BCUT2D eigenvalue weighted by molar-refractivity contribution is 0.779. The quantitative estimate of drug-likeness (QED) is 0.909. The number of benzene rings is 1. The van der Waals surface area contributed by atoms with Gasteiger partial charge in [-0.1, -0.05) is 12.1 Å². The van der Waals surface area contributed by atoms with E-state index in [1.807, 2.05) is 13.0 Å². The van der Waals surface area contributed by atoms with Gasteiger partial charge in [0.15, 0.2) is 0 Å². The van der Waals surface area contributed by atoms with Gasteiger partial charge in [0.25, 0.3) is 0 Å². The molecule has 2 aromatic rings. The van der Waals surface area contributed by atoms with E-state index in [4.69, 9.17) is 0 Å². The minimum Gasteiger partial charge on any atom is -0.350 e. The van der Waals surface area contributed by atoms with Crippen LogP contribution in [-0.2, 0) is 0 Å². The first-order valence-corrected chi connectivity index (χ1v) is 7.52. The van der Waals surface area contributed by atoms with Gasteiger partial charge in [0.1, 0.15) is 0 Å². The second-order valence-electron chi connectivity index (χ2n) is 5.85. The highest BCUT2D eigenvalue weighted by molar-refractivity contribution is 5.62. The van der Waals surface area contributed by atoms with Gasteiger partial charge in [-0.15, -0.1) is 0 Å². The Morgan fingerprint density at radius 1 is 1.10 bits per heavy atom. The average Bonchev–Trinajstić information content (AvgIpc) is 2.94. The number of nitrogens with zero attached hydrogens (tertiary/aromatic N) is 2. The molecule has 0 saturated carbocycles. The second kappa shape index (κ2) is 5.82. The van der Waals surface area contributed by atoms with E-state index in [9.17, 15) is 0 Å². The van der Waals surface area contributed by atoms with E-state index in [1.165, 1.54) is 11.1 Å². The Hall–Kier alpha value is -1.94. The summed E-state index contributed by atoms with van der Waals surface area (Å²) in [6, 6.07) is 8.95. The second-order valence-corrected chi connectivity index (χ2v) is 5.85. The predicted molar refractivity (Wildman–Crippen MR) is 86.6 cm³/mol. The Balaban J connectivity index is 1.90. The van der Waals surface area contributed by atoms with Crippen molar-refractivity contribution in [3.63, 3.8) is 0 Å². The van der Waals surface area contributed by atoms with E-state index in [0.29, 0.717) is 6.04 Å². The van der Waals surface area contributed by atoms with Gasteiger partial charge < -0.3 is 10.6 Å². The van der Waals surface area contributed by atoms with Crippen molar-refractivity contribution in [1.29, 1.82) is 0 Å². The Bertz CT molecular complexity index is 645. The molecule has 0 spiro atoms. The number of aryl methyl sites for hydroxylation is 3. The fourth-order valence-corrected chi connectivity index (χ4v) is 2.64. The Morgan fingerprint density at radius 2 is 1.95 bits per heavy atom. The van der Waals surface area contributed by atoms with Gasteiger partial charge in [-0.2, -0.15) is 0 Å². The van der Waals surface area contributed by atoms with Crippen LogP contribution in [0.3, 0.4) is 0 Å². The molecule has 2 N–H and O–H groups in total. The van der Waals surface area contributed by atoms with E-state index in [-0.39, 0.29) is 0 Å². The molecule has 0 bridgehead atoms. The molecule has 0 radical (unpaired) electrons. The van der Waals surface area contributed by atoms with Crippen LogP contribution in [0.4, 0.5) is 5.95 Å². The number of rotatable bonds is 3. The zero-order valence-electron chi connectivity index (χ0n) is 12.9. The molecule has 1 aromatic carbocycles. The summed E-state index contributed by atoms with van der Waals surface area (Å²) in [6.45, 7) is 8.33. The predicted octanol–water partition coefficient (Wildman–Crippen LogP) is 2.84. The largest absolute Gasteiger partial charge is 0.350 e. The summed E-state index contributed by atoms with van der Waals surface area (Å²) in [5.74, 6) is 0.733. The average molecular weight is 282 g/mol. The molecule has 110 valence electrons. The fraction of sp³-hybridized carbons (Fsp3) is 0.412. The molecular weight excluding hydrogens is 260 g/mol. The maximum absolute atomic E-state index is 4.69. The molecule has 1 aliphatic rings. The molecule has 1 aromatic heterocycles. The number of hydrogen-bond acceptors (Lipinski definition) is 4. The van der Waals surface area contributed by atoms with E-state index in [2.05, 4.69) is 52.6 Å². The number of aromatic nitrogens is 2. The zero-order chi connectivity index (χ0) is 14.8. The first-order chi connectivity index (χ1) is 10.1. The van der Waals surface area contributed by atoms with Crippen LogP contribution in [-0.4, -0.2) is 29.1 Å². The monoisotopic (exact) mass is 282 g/mol. The highest BCUT2D eigenvalue weighted by Gasteiger charge is 2.15. The van der Waals surface area contributed by atoms with E-state index in [0.717, 1.165) is 42.4 Å². The van der Waals surface area contributed by atoms with E-state index in [1.54, 1.807) is 0 Å². The Kier molecular flexibility index (Phi) is 3.88. The summed E-state index contributed by atoms with van der Waals surface area (Å²) in [7, 11) is 0. The summed E-state index contributed by atoms with van der Waals surface area (Å²) >= 11 is 0. The molecule has 21 heavy (non-hydrogen) atoms. The van der Waals surface area contributed by atoms with Crippen molar-refractivity contribution in [2.24, 2.45) is 0 Å². The molecule has 3 rings (SSSR count). The van der Waals surface area contributed by atoms with Crippen LogP contribution in [0.5, 0.6) is 0 Å². The Labute approximate surface area is 126 Å². The third-order valence-electron chi connectivity index (χ3n) is 4.05. The lowest BCUT2D eigenvalue weighted by Crippen LogP contribution is -2.23. The molecule has 4 nitrogen and oxygen atoms in total. The number of nitrogens with one attached hydrogen (secondary N) is 2. The normalized spacial score (nSPS) is 18.0. The maximum Gasteiger partial charge on any atom is 0.223 e. The van der Waals surface area contributed by atoms with Gasteiger partial charge in [0.2, 0.25) is 5.95 Å².